The number of carbonyl (C=O) groups excluding carboxylic acids is 2. The summed E-state index contributed by atoms with van der Waals surface area (Å²) in [6.07, 6.45) is 1.72. The molecule has 1 aliphatic rings. The molecule has 0 N–H and O–H groups in total. The lowest BCUT2D eigenvalue weighted by Crippen LogP contribution is -2.45. The van der Waals surface area contributed by atoms with E-state index in [1.165, 1.54) is 4.90 Å². The Morgan fingerprint density at radius 2 is 1.77 bits per heavy atom. The number of benzene rings is 2. The van der Waals surface area contributed by atoms with Crippen molar-refractivity contribution in [2.45, 2.75) is 33.6 Å². The van der Waals surface area contributed by atoms with Crippen LogP contribution in [0.3, 0.4) is 0 Å². The van der Waals surface area contributed by atoms with Crippen LogP contribution >= 0.6 is 0 Å². The van der Waals surface area contributed by atoms with Gasteiger partial charge in [0.2, 0.25) is 5.91 Å². The highest BCUT2D eigenvalue weighted by Gasteiger charge is 2.38. The maximum absolute atomic E-state index is 13.4. The average Bonchev–Trinajstić information content (AvgIpc) is 2.66. The number of aliphatic imine (C=N–C) groups is 1. The molecule has 0 fully saturated rings. The molecule has 1 aliphatic heterocycles. The number of aryl methyl sites for hydroxylation is 2. The van der Waals surface area contributed by atoms with Gasteiger partial charge in [-0.3, -0.25) is 14.6 Å². The van der Waals surface area contributed by atoms with Crippen LogP contribution in [-0.4, -0.2) is 50.1 Å². The van der Waals surface area contributed by atoms with Crippen molar-refractivity contribution in [3.05, 3.63) is 64.7 Å². The molecule has 0 aliphatic carbocycles. The number of rotatable bonds is 6. The number of anilines is 1. The highest BCUT2D eigenvalue weighted by molar-refractivity contribution is 6.29. The van der Waals surface area contributed by atoms with Crippen molar-refractivity contribution in [3.63, 3.8) is 0 Å². The van der Waals surface area contributed by atoms with E-state index in [-0.39, 0.29) is 17.2 Å². The standard InChI is InChI=1S/C25H31N3O2/c1-17-11-12-19(13-18(17)2)28-23(29)21-10-8-7-9-20(21)22(24(28)30)14-26-15-25(3,4)16-27(5)6/h7-14,22H,15-16H2,1-6H3/t22-/m1/s1. The summed E-state index contributed by atoms with van der Waals surface area (Å²) in [7, 11) is 4.08. The van der Waals surface area contributed by atoms with Crippen LogP contribution in [0.2, 0.25) is 0 Å². The zero-order valence-corrected chi connectivity index (χ0v) is 18.8. The molecular formula is C25H31N3O2. The zero-order chi connectivity index (χ0) is 22.1. The van der Waals surface area contributed by atoms with Gasteiger partial charge in [0.05, 0.1) is 11.6 Å². The molecule has 0 bridgehead atoms. The van der Waals surface area contributed by atoms with Gasteiger partial charge in [0, 0.05) is 24.9 Å². The van der Waals surface area contributed by atoms with Gasteiger partial charge < -0.3 is 4.90 Å². The van der Waals surface area contributed by atoms with Gasteiger partial charge in [0.1, 0.15) is 0 Å². The molecule has 1 atom stereocenters. The van der Waals surface area contributed by atoms with Crippen LogP contribution in [0.25, 0.3) is 0 Å². The summed E-state index contributed by atoms with van der Waals surface area (Å²) in [5, 5.41) is 0. The minimum atomic E-state index is -0.573. The fraction of sp³-hybridized carbons (Fsp3) is 0.400. The van der Waals surface area contributed by atoms with Gasteiger partial charge in [-0.25, -0.2) is 4.90 Å². The van der Waals surface area contributed by atoms with Gasteiger partial charge in [-0.15, -0.1) is 0 Å². The molecule has 0 saturated heterocycles. The summed E-state index contributed by atoms with van der Waals surface area (Å²) in [5.74, 6) is -1.11. The second kappa shape index (κ2) is 8.52. The Morgan fingerprint density at radius 3 is 2.43 bits per heavy atom. The van der Waals surface area contributed by atoms with Crippen LogP contribution in [-0.2, 0) is 4.79 Å². The van der Waals surface area contributed by atoms with Crippen LogP contribution in [0.15, 0.2) is 47.5 Å². The predicted octanol–water partition coefficient (Wildman–Crippen LogP) is 4.23. The van der Waals surface area contributed by atoms with E-state index in [1.807, 2.05) is 64.3 Å². The molecule has 0 spiro atoms. The minimum Gasteiger partial charge on any atom is -0.309 e. The van der Waals surface area contributed by atoms with Crippen LogP contribution in [0.4, 0.5) is 5.69 Å². The van der Waals surface area contributed by atoms with E-state index in [2.05, 4.69) is 23.7 Å². The summed E-state index contributed by atoms with van der Waals surface area (Å²) in [5.41, 5.74) is 4.04. The van der Waals surface area contributed by atoms with E-state index >= 15 is 0 Å². The smallest absolute Gasteiger partial charge is 0.265 e. The van der Waals surface area contributed by atoms with E-state index in [0.29, 0.717) is 17.8 Å². The lowest BCUT2D eigenvalue weighted by molar-refractivity contribution is -0.118. The maximum Gasteiger partial charge on any atom is 0.265 e. The Hall–Kier alpha value is -2.79. The van der Waals surface area contributed by atoms with Crippen molar-refractivity contribution in [2.24, 2.45) is 10.4 Å². The molecule has 30 heavy (non-hydrogen) atoms. The Labute approximate surface area is 179 Å². The lowest BCUT2D eigenvalue weighted by atomic mass is 9.88. The molecular weight excluding hydrogens is 374 g/mol. The Balaban J connectivity index is 1.97. The van der Waals surface area contributed by atoms with E-state index in [9.17, 15) is 9.59 Å². The highest BCUT2D eigenvalue weighted by atomic mass is 16.2. The molecule has 0 unspecified atom stereocenters. The third-order valence-electron chi connectivity index (χ3n) is 5.48. The first-order valence-corrected chi connectivity index (χ1v) is 10.3. The number of carbonyl (C=O) groups is 2. The predicted molar refractivity (Wildman–Crippen MR) is 123 cm³/mol. The fourth-order valence-electron chi connectivity index (χ4n) is 4.02. The number of fused-ring (bicyclic) bond motifs is 1. The minimum absolute atomic E-state index is 0.0131. The van der Waals surface area contributed by atoms with Crippen molar-refractivity contribution in [2.75, 3.05) is 32.1 Å². The zero-order valence-electron chi connectivity index (χ0n) is 18.8. The quantitative estimate of drug-likeness (QED) is 0.534. The SMILES string of the molecule is Cc1ccc(N2C(=O)c3ccccc3[C@@H](C=NCC(C)(C)CN(C)C)C2=O)cc1C. The number of amides is 2. The Kier molecular flexibility index (Phi) is 6.22. The molecule has 2 aromatic carbocycles. The van der Waals surface area contributed by atoms with Gasteiger partial charge in [-0.1, -0.05) is 38.1 Å². The second-order valence-corrected chi connectivity index (χ2v) is 9.20. The summed E-state index contributed by atoms with van der Waals surface area (Å²) in [4.78, 5) is 34.7. The first-order valence-electron chi connectivity index (χ1n) is 10.3. The van der Waals surface area contributed by atoms with Gasteiger partial charge in [0.25, 0.3) is 5.91 Å². The Bertz CT molecular complexity index is 992. The van der Waals surface area contributed by atoms with Crippen LogP contribution < -0.4 is 4.90 Å². The molecule has 158 valence electrons. The van der Waals surface area contributed by atoms with E-state index in [0.717, 1.165) is 23.2 Å². The molecule has 5 heteroatoms. The number of imide groups is 1. The first kappa shape index (κ1) is 21.9. The normalized spacial score (nSPS) is 17.2. The Morgan fingerprint density at radius 1 is 1.07 bits per heavy atom. The van der Waals surface area contributed by atoms with Crippen molar-refractivity contribution in [1.82, 2.24) is 4.90 Å². The van der Waals surface area contributed by atoms with Crippen molar-refractivity contribution >= 4 is 23.7 Å². The van der Waals surface area contributed by atoms with Crippen LogP contribution in [0, 0.1) is 19.3 Å². The second-order valence-electron chi connectivity index (χ2n) is 9.20. The first-order chi connectivity index (χ1) is 14.1. The molecule has 2 amide bonds. The summed E-state index contributed by atoms with van der Waals surface area (Å²) in [6.45, 7) is 9.82. The molecule has 0 radical (unpaired) electrons. The van der Waals surface area contributed by atoms with E-state index in [1.54, 1.807) is 12.3 Å². The summed E-state index contributed by atoms with van der Waals surface area (Å²) in [6, 6.07) is 13.0. The largest absolute Gasteiger partial charge is 0.309 e. The maximum atomic E-state index is 13.4. The van der Waals surface area contributed by atoms with E-state index < -0.39 is 5.92 Å². The van der Waals surface area contributed by atoms with Crippen molar-refractivity contribution < 1.29 is 9.59 Å². The number of nitrogens with zero attached hydrogens (tertiary/aromatic N) is 3. The molecule has 2 aromatic rings. The molecule has 0 saturated carbocycles. The lowest BCUT2D eigenvalue weighted by Gasteiger charge is -2.31. The van der Waals surface area contributed by atoms with Crippen LogP contribution in [0.1, 0.15) is 46.8 Å². The third-order valence-corrected chi connectivity index (χ3v) is 5.48. The third kappa shape index (κ3) is 4.51. The molecule has 0 aromatic heterocycles. The summed E-state index contributed by atoms with van der Waals surface area (Å²) < 4.78 is 0. The molecule has 5 nitrogen and oxygen atoms in total. The van der Waals surface area contributed by atoms with Crippen molar-refractivity contribution in [1.29, 1.82) is 0 Å². The molecule has 3 rings (SSSR count). The highest BCUT2D eigenvalue weighted by Crippen LogP contribution is 2.32. The van der Waals surface area contributed by atoms with E-state index in [4.69, 9.17) is 0 Å². The van der Waals surface area contributed by atoms with Crippen molar-refractivity contribution in [3.8, 4) is 0 Å². The average molecular weight is 406 g/mol. The van der Waals surface area contributed by atoms with Gasteiger partial charge >= 0.3 is 0 Å². The summed E-state index contributed by atoms with van der Waals surface area (Å²) >= 11 is 0. The van der Waals surface area contributed by atoms with Gasteiger partial charge in [-0.2, -0.15) is 0 Å². The number of hydrogen-bond donors (Lipinski definition) is 0. The monoisotopic (exact) mass is 405 g/mol. The fourth-order valence-corrected chi connectivity index (χ4v) is 4.02. The topological polar surface area (TPSA) is 53.0 Å². The molecule has 1 heterocycles. The van der Waals surface area contributed by atoms with Gasteiger partial charge in [-0.05, 0) is 68.2 Å². The number of hydrogen-bond acceptors (Lipinski definition) is 4. The van der Waals surface area contributed by atoms with Crippen LogP contribution in [0.5, 0.6) is 0 Å². The van der Waals surface area contributed by atoms with Gasteiger partial charge in [0.15, 0.2) is 0 Å².